The number of hydrogen-bond donors (Lipinski definition) is 1. The highest BCUT2D eigenvalue weighted by Crippen LogP contribution is 2.18. The molecule has 1 aromatic carbocycles. The zero-order valence-corrected chi connectivity index (χ0v) is 14.5. The number of ether oxygens (including phenoxy) is 2. The second-order valence-electron chi connectivity index (χ2n) is 6.33. The SMILES string of the molecule is CC[C@H](C)OC(=O)COc1ccc(C(=O)NC2CCCCC2)cc1. The molecular weight excluding hydrogens is 306 g/mol. The minimum absolute atomic E-state index is 0.0513. The second kappa shape index (κ2) is 9.30. The van der Waals surface area contributed by atoms with E-state index in [0.717, 1.165) is 19.3 Å². The van der Waals surface area contributed by atoms with Gasteiger partial charge in [0.25, 0.3) is 5.91 Å². The maximum absolute atomic E-state index is 12.2. The lowest BCUT2D eigenvalue weighted by atomic mass is 9.95. The van der Waals surface area contributed by atoms with Gasteiger partial charge in [0.15, 0.2) is 6.61 Å². The third kappa shape index (κ3) is 5.87. The van der Waals surface area contributed by atoms with E-state index in [-0.39, 0.29) is 30.6 Å². The summed E-state index contributed by atoms with van der Waals surface area (Å²) in [5, 5.41) is 3.08. The lowest BCUT2D eigenvalue weighted by Crippen LogP contribution is -2.36. The fourth-order valence-corrected chi connectivity index (χ4v) is 2.70. The summed E-state index contributed by atoms with van der Waals surface area (Å²) in [6, 6.07) is 7.12. The van der Waals surface area contributed by atoms with E-state index in [0.29, 0.717) is 11.3 Å². The first-order valence-corrected chi connectivity index (χ1v) is 8.81. The summed E-state index contributed by atoms with van der Waals surface area (Å²) in [7, 11) is 0. The topological polar surface area (TPSA) is 64.6 Å². The third-order valence-corrected chi connectivity index (χ3v) is 4.32. The largest absolute Gasteiger partial charge is 0.482 e. The van der Waals surface area contributed by atoms with Gasteiger partial charge in [0.2, 0.25) is 0 Å². The van der Waals surface area contributed by atoms with Crippen molar-refractivity contribution in [3.8, 4) is 5.75 Å². The minimum Gasteiger partial charge on any atom is -0.482 e. The molecule has 0 spiro atoms. The Balaban J connectivity index is 1.79. The lowest BCUT2D eigenvalue weighted by Gasteiger charge is -2.22. The highest BCUT2D eigenvalue weighted by molar-refractivity contribution is 5.94. The van der Waals surface area contributed by atoms with Crippen LogP contribution in [-0.4, -0.2) is 30.6 Å². The van der Waals surface area contributed by atoms with Gasteiger partial charge < -0.3 is 14.8 Å². The molecule has 2 rings (SSSR count). The Kier molecular flexibility index (Phi) is 7.09. The van der Waals surface area contributed by atoms with E-state index in [1.165, 1.54) is 19.3 Å². The minimum atomic E-state index is -0.386. The molecule has 0 saturated heterocycles. The molecule has 0 unspecified atom stereocenters. The van der Waals surface area contributed by atoms with Crippen molar-refractivity contribution >= 4 is 11.9 Å². The molecule has 132 valence electrons. The fourth-order valence-electron chi connectivity index (χ4n) is 2.70. The van der Waals surface area contributed by atoms with Gasteiger partial charge in [-0.15, -0.1) is 0 Å². The first kappa shape index (κ1) is 18.3. The van der Waals surface area contributed by atoms with Crippen LogP contribution in [0.3, 0.4) is 0 Å². The van der Waals surface area contributed by atoms with E-state index in [1.807, 2.05) is 13.8 Å². The summed E-state index contributed by atoms with van der Waals surface area (Å²) < 4.78 is 10.5. The monoisotopic (exact) mass is 333 g/mol. The van der Waals surface area contributed by atoms with E-state index >= 15 is 0 Å². The Morgan fingerprint density at radius 2 is 1.83 bits per heavy atom. The molecule has 0 radical (unpaired) electrons. The molecule has 1 aromatic rings. The van der Waals surface area contributed by atoms with Crippen molar-refractivity contribution in [1.29, 1.82) is 0 Å². The Labute approximate surface area is 143 Å². The number of amides is 1. The summed E-state index contributed by atoms with van der Waals surface area (Å²) in [6.45, 7) is 3.67. The molecule has 1 fully saturated rings. The summed E-state index contributed by atoms with van der Waals surface area (Å²) in [6.07, 6.45) is 6.42. The van der Waals surface area contributed by atoms with E-state index in [4.69, 9.17) is 9.47 Å². The molecule has 5 nitrogen and oxygen atoms in total. The highest BCUT2D eigenvalue weighted by atomic mass is 16.6. The number of esters is 1. The maximum Gasteiger partial charge on any atom is 0.344 e. The molecule has 0 heterocycles. The number of carbonyl (C=O) groups is 2. The van der Waals surface area contributed by atoms with Crippen LogP contribution in [0, 0.1) is 0 Å². The molecular formula is C19H27NO4. The molecule has 1 saturated carbocycles. The number of benzene rings is 1. The molecule has 1 N–H and O–H groups in total. The first-order valence-electron chi connectivity index (χ1n) is 8.81. The summed E-state index contributed by atoms with van der Waals surface area (Å²) >= 11 is 0. The Bertz CT molecular complexity index is 535. The van der Waals surface area contributed by atoms with Crippen molar-refractivity contribution in [2.24, 2.45) is 0 Å². The van der Waals surface area contributed by atoms with Gasteiger partial charge in [-0.25, -0.2) is 4.79 Å². The van der Waals surface area contributed by atoms with E-state index in [2.05, 4.69) is 5.32 Å². The maximum atomic E-state index is 12.2. The van der Waals surface area contributed by atoms with E-state index in [9.17, 15) is 9.59 Å². The van der Waals surface area contributed by atoms with Gasteiger partial charge in [-0.3, -0.25) is 4.79 Å². The molecule has 0 aliphatic heterocycles. The lowest BCUT2D eigenvalue weighted by molar-refractivity contribution is -0.150. The normalized spacial score (nSPS) is 16.2. The quantitative estimate of drug-likeness (QED) is 0.776. The molecule has 5 heteroatoms. The van der Waals surface area contributed by atoms with Gasteiger partial charge in [0, 0.05) is 11.6 Å². The van der Waals surface area contributed by atoms with Crippen LogP contribution in [0.15, 0.2) is 24.3 Å². The molecule has 24 heavy (non-hydrogen) atoms. The number of nitrogens with one attached hydrogen (secondary N) is 1. The van der Waals surface area contributed by atoms with Crippen LogP contribution < -0.4 is 10.1 Å². The van der Waals surface area contributed by atoms with Gasteiger partial charge >= 0.3 is 5.97 Å². The Morgan fingerprint density at radius 1 is 1.17 bits per heavy atom. The smallest absolute Gasteiger partial charge is 0.344 e. The van der Waals surface area contributed by atoms with Crippen molar-refractivity contribution in [1.82, 2.24) is 5.32 Å². The first-order chi connectivity index (χ1) is 11.6. The van der Waals surface area contributed by atoms with Gasteiger partial charge in [-0.1, -0.05) is 26.2 Å². The average molecular weight is 333 g/mol. The van der Waals surface area contributed by atoms with Crippen LogP contribution in [-0.2, 0) is 9.53 Å². The van der Waals surface area contributed by atoms with Crippen molar-refractivity contribution in [2.45, 2.75) is 64.5 Å². The second-order valence-corrected chi connectivity index (χ2v) is 6.33. The van der Waals surface area contributed by atoms with Crippen LogP contribution in [0.1, 0.15) is 62.7 Å². The van der Waals surface area contributed by atoms with Crippen molar-refractivity contribution in [2.75, 3.05) is 6.61 Å². The number of carbonyl (C=O) groups excluding carboxylic acids is 2. The van der Waals surface area contributed by atoms with Crippen molar-refractivity contribution in [3.63, 3.8) is 0 Å². The number of hydrogen-bond acceptors (Lipinski definition) is 4. The number of rotatable bonds is 7. The Hall–Kier alpha value is -2.04. The predicted molar refractivity (Wildman–Crippen MR) is 92.1 cm³/mol. The van der Waals surface area contributed by atoms with E-state index < -0.39 is 0 Å². The predicted octanol–water partition coefficient (Wildman–Crippen LogP) is 3.47. The molecule has 1 aliphatic carbocycles. The third-order valence-electron chi connectivity index (χ3n) is 4.32. The summed E-state index contributed by atoms with van der Waals surface area (Å²) in [5.74, 6) is 0.110. The van der Waals surface area contributed by atoms with Crippen LogP contribution in [0.5, 0.6) is 5.75 Å². The van der Waals surface area contributed by atoms with E-state index in [1.54, 1.807) is 24.3 Å². The molecule has 1 aliphatic rings. The molecule has 1 atom stereocenters. The zero-order chi connectivity index (χ0) is 17.4. The van der Waals surface area contributed by atoms with Gasteiger partial charge in [0.05, 0.1) is 6.10 Å². The Morgan fingerprint density at radius 3 is 2.46 bits per heavy atom. The average Bonchev–Trinajstić information content (AvgIpc) is 2.61. The van der Waals surface area contributed by atoms with Crippen molar-refractivity contribution in [3.05, 3.63) is 29.8 Å². The highest BCUT2D eigenvalue weighted by Gasteiger charge is 2.16. The zero-order valence-electron chi connectivity index (χ0n) is 14.5. The van der Waals surface area contributed by atoms with Crippen molar-refractivity contribution < 1.29 is 19.1 Å². The summed E-state index contributed by atoms with van der Waals surface area (Å²) in [5.41, 5.74) is 0.607. The summed E-state index contributed by atoms with van der Waals surface area (Å²) in [4.78, 5) is 23.8. The standard InChI is InChI=1S/C19H27NO4/c1-3-14(2)24-18(21)13-23-17-11-9-15(10-12-17)19(22)20-16-7-5-4-6-8-16/h9-12,14,16H,3-8,13H2,1-2H3,(H,20,22)/t14-/m0/s1. The van der Waals surface area contributed by atoms with Crippen LogP contribution in [0.2, 0.25) is 0 Å². The van der Waals surface area contributed by atoms with Crippen LogP contribution in [0.25, 0.3) is 0 Å². The molecule has 1 amide bonds. The van der Waals surface area contributed by atoms with Gasteiger partial charge in [0.1, 0.15) is 5.75 Å². The molecule has 0 bridgehead atoms. The van der Waals surface area contributed by atoms with Crippen LogP contribution >= 0.6 is 0 Å². The molecule has 0 aromatic heterocycles. The fraction of sp³-hybridized carbons (Fsp3) is 0.579. The van der Waals surface area contributed by atoms with Gasteiger partial charge in [-0.2, -0.15) is 0 Å². The van der Waals surface area contributed by atoms with Gasteiger partial charge in [-0.05, 0) is 50.5 Å². The van der Waals surface area contributed by atoms with Crippen LogP contribution in [0.4, 0.5) is 0 Å².